The number of hydrogen-bond donors (Lipinski definition) is 5. The molecule has 304 valence electrons. The summed E-state index contributed by atoms with van der Waals surface area (Å²) in [7, 11) is 2.53. The molecule has 2 aliphatic rings. The average Bonchev–Trinajstić information content (AvgIpc) is 4.01. The topological polar surface area (TPSA) is 191 Å². The lowest BCUT2D eigenvalue weighted by atomic mass is 9.95. The van der Waals surface area contributed by atoms with Gasteiger partial charge in [-0.05, 0) is 86.8 Å². The Balaban J connectivity index is 1.15. The van der Waals surface area contributed by atoms with Gasteiger partial charge in [-0.25, -0.2) is 14.6 Å². The number of fused-ring (bicyclic) bond motifs is 1. The molecule has 4 aromatic rings. The third kappa shape index (κ3) is 8.05. The minimum Gasteiger partial charge on any atom is -0.453 e. The van der Waals surface area contributed by atoms with Crippen LogP contribution < -0.4 is 16.0 Å². The van der Waals surface area contributed by atoms with Gasteiger partial charge in [-0.3, -0.25) is 14.4 Å². The van der Waals surface area contributed by atoms with Gasteiger partial charge in [0.05, 0.1) is 31.6 Å². The second-order valence-corrected chi connectivity index (χ2v) is 16.1. The van der Waals surface area contributed by atoms with E-state index in [1.807, 2.05) is 88.0 Å². The van der Waals surface area contributed by atoms with Crippen LogP contribution in [0.4, 0.5) is 15.3 Å². The molecular weight excluding hydrogens is 729 g/mol. The summed E-state index contributed by atoms with van der Waals surface area (Å²) in [4.78, 5) is 80.3. The van der Waals surface area contributed by atoms with Gasteiger partial charge in [0, 0.05) is 35.4 Å². The normalized spacial score (nSPS) is 20.5. The first-order valence-corrected chi connectivity index (χ1v) is 19.5. The van der Waals surface area contributed by atoms with Crippen molar-refractivity contribution in [1.82, 2.24) is 35.4 Å². The molecule has 2 aromatic heterocycles. The first kappa shape index (κ1) is 40.8. The number of alkyl carbamates (subject to hydrolysis) is 2. The van der Waals surface area contributed by atoms with Gasteiger partial charge in [-0.2, -0.15) is 0 Å². The van der Waals surface area contributed by atoms with Gasteiger partial charge in [-0.1, -0.05) is 52.0 Å². The predicted octanol–water partition coefficient (Wildman–Crippen LogP) is 6.14. The number of H-pyrrole nitrogens is 2. The zero-order chi connectivity index (χ0) is 41.2. The van der Waals surface area contributed by atoms with Gasteiger partial charge in [-0.15, -0.1) is 0 Å². The number of anilines is 1. The van der Waals surface area contributed by atoms with Crippen LogP contribution >= 0.6 is 0 Å². The summed E-state index contributed by atoms with van der Waals surface area (Å²) in [6, 6.07) is 14.2. The van der Waals surface area contributed by atoms with Crippen LogP contribution in [0.2, 0.25) is 0 Å². The van der Waals surface area contributed by atoms with Gasteiger partial charge < -0.3 is 45.2 Å². The minimum atomic E-state index is -1.09. The number of aromatic amines is 2. The molecule has 4 atom stereocenters. The standard InChI is InChI=1S/C42H54N8O7/c1-24(2)33(47-39(54)56-7)35(51)49-19-9-17-41(49,5)37-43-23-32(46-37)27-13-11-26(12-14-27)31-22-28-21-29(15-16-30(28)45-31)44-38(53)42(6)18-10-20-50(42)36(52)34(25(3)4)48-40(55)57-8/h11-16,21-25,33-34,45H,9-10,17-20H2,1-8H3,(H,43,46)(H,44,53)(H,47,54)(H,48,55)/t33-,34-,41-,42-/m0/s1. The highest BCUT2D eigenvalue weighted by molar-refractivity contribution is 6.03. The first-order chi connectivity index (χ1) is 27.1. The number of hydrogen-bond acceptors (Lipinski definition) is 8. The largest absolute Gasteiger partial charge is 0.453 e. The van der Waals surface area contributed by atoms with E-state index < -0.39 is 35.3 Å². The lowest BCUT2D eigenvalue weighted by molar-refractivity contribution is -0.144. The van der Waals surface area contributed by atoms with E-state index in [2.05, 4.69) is 25.9 Å². The molecule has 15 heteroatoms. The Morgan fingerprint density at radius 3 is 1.89 bits per heavy atom. The van der Waals surface area contributed by atoms with Crippen LogP contribution in [0.25, 0.3) is 33.4 Å². The molecule has 0 saturated carbocycles. The first-order valence-electron chi connectivity index (χ1n) is 19.5. The molecule has 5 N–H and O–H groups in total. The van der Waals surface area contributed by atoms with Crippen molar-refractivity contribution in [3.63, 3.8) is 0 Å². The zero-order valence-corrected chi connectivity index (χ0v) is 33.9. The Morgan fingerprint density at radius 1 is 0.737 bits per heavy atom. The maximum Gasteiger partial charge on any atom is 0.407 e. The Morgan fingerprint density at radius 2 is 1.30 bits per heavy atom. The molecule has 6 rings (SSSR count). The Kier molecular flexibility index (Phi) is 11.7. The number of benzene rings is 2. The maximum atomic E-state index is 13.8. The van der Waals surface area contributed by atoms with Gasteiger partial charge in [0.15, 0.2) is 0 Å². The van der Waals surface area contributed by atoms with Crippen LogP contribution in [0.3, 0.4) is 0 Å². The number of rotatable bonds is 11. The molecule has 2 fully saturated rings. The molecule has 57 heavy (non-hydrogen) atoms. The summed E-state index contributed by atoms with van der Waals surface area (Å²) in [5, 5.41) is 9.27. The SMILES string of the molecule is COC(=O)N[C@H](C(=O)N1CCC[C@@]1(C)C(=O)Nc1ccc2[nH]c(-c3ccc(-c4cnc([C@]5(C)CCCN5C(=O)[C@@H](NC(=O)OC)C(C)C)[nH]4)cc3)cc2c1)C(C)C. The Hall–Kier alpha value is -5.86. The van der Waals surface area contributed by atoms with Crippen molar-refractivity contribution >= 4 is 46.5 Å². The van der Waals surface area contributed by atoms with Crippen molar-refractivity contribution in [2.75, 3.05) is 32.6 Å². The molecule has 4 heterocycles. The Bertz CT molecular complexity index is 2140. The van der Waals surface area contributed by atoms with Gasteiger partial charge in [0.25, 0.3) is 0 Å². The number of amides is 5. The summed E-state index contributed by atoms with van der Waals surface area (Å²) in [5.41, 5.74) is 3.34. The molecule has 2 saturated heterocycles. The average molecular weight is 783 g/mol. The summed E-state index contributed by atoms with van der Waals surface area (Å²) < 4.78 is 9.51. The number of likely N-dealkylation sites (tertiary alicyclic amines) is 2. The minimum absolute atomic E-state index is 0.134. The third-order valence-corrected chi connectivity index (χ3v) is 11.6. The molecular formula is C42H54N8O7. The maximum absolute atomic E-state index is 13.8. The summed E-state index contributed by atoms with van der Waals surface area (Å²) in [6.45, 7) is 12.2. The lowest BCUT2D eigenvalue weighted by Gasteiger charge is -2.37. The van der Waals surface area contributed by atoms with Crippen molar-refractivity contribution in [1.29, 1.82) is 0 Å². The number of ether oxygens (including phenoxy) is 2. The molecule has 15 nitrogen and oxygen atoms in total. The highest BCUT2D eigenvalue weighted by Crippen LogP contribution is 2.39. The van der Waals surface area contributed by atoms with Gasteiger partial charge >= 0.3 is 12.2 Å². The van der Waals surface area contributed by atoms with Crippen LogP contribution in [0.5, 0.6) is 0 Å². The summed E-state index contributed by atoms with van der Waals surface area (Å²) in [5.74, 6) is -0.435. The number of imidazole rings is 1. The summed E-state index contributed by atoms with van der Waals surface area (Å²) in [6.07, 6.45) is 3.14. The number of carbonyl (C=O) groups is 5. The van der Waals surface area contributed by atoms with E-state index in [4.69, 9.17) is 14.5 Å². The zero-order valence-electron chi connectivity index (χ0n) is 33.9. The predicted molar refractivity (Wildman–Crippen MR) is 216 cm³/mol. The number of nitrogens with one attached hydrogen (secondary N) is 5. The highest BCUT2D eigenvalue weighted by Gasteiger charge is 2.48. The second-order valence-electron chi connectivity index (χ2n) is 16.1. The fourth-order valence-electron chi connectivity index (χ4n) is 8.05. The van der Waals surface area contributed by atoms with Crippen LogP contribution in [0, 0.1) is 11.8 Å². The second kappa shape index (κ2) is 16.3. The van der Waals surface area contributed by atoms with E-state index >= 15 is 0 Å². The summed E-state index contributed by atoms with van der Waals surface area (Å²) >= 11 is 0. The van der Waals surface area contributed by atoms with E-state index in [-0.39, 0.29) is 29.6 Å². The molecule has 0 aliphatic carbocycles. The third-order valence-electron chi connectivity index (χ3n) is 11.6. The molecule has 0 bridgehead atoms. The van der Waals surface area contributed by atoms with Gasteiger partial charge in [0.2, 0.25) is 17.7 Å². The number of methoxy groups -OCH3 is 2. The lowest BCUT2D eigenvalue weighted by Crippen LogP contribution is -2.59. The highest BCUT2D eigenvalue weighted by atomic mass is 16.5. The number of nitrogens with zero attached hydrogens (tertiary/aromatic N) is 3. The quantitative estimate of drug-likeness (QED) is 0.120. The van der Waals surface area contributed by atoms with E-state index in [1.54, 1.807) is 18.0 Å². The molecule has 5 amide bonds. The molecule has 0 radical (unpaired) electrons. The van der Waals surface area contributed by atoms with Crippen molar-refractivity contribution < 1.29 is 33.4 Å². The fourth-order valence-corrected chi connectivity index (χ4v) is 8.05. The monoisotopic (exact) mass is 782 g/mol. The number of aromatic nitrogens is 3. The molecule has 2 aromatic carbocycles. The van der Waals surface area contributed by atoms with Gasteiger partial charge in [0.1, 0.15) is 23.4 Å². The smallest absolute Gasteiger partial charge is 0.407 e. The van der Waals surface area contributed by atoms with Crippen molar-refractivity contribution in [3.05, 3.63) is 60.6 Å². The van der Waals surface area contributed by atoms with E-state index in [9.17, 15) is 24.0 Å². The molecule has 2 aliphatic heterocycles. The fraction of sp³-hybridized carbons (Fsp3) is 0.476. The van der Waals surface area contributed by atoms with Crippen LogP contribution in [-0.2, 0) is 29.4 Å². The Labute approximate surface area is 332 Å². The van der Waals surface area contributed by atoms with Crippen molar-refractivity contribution in [2.24, 2.45) is 11.8 Å². The van der Waals surface area contributed by atoms with Crippen molar-refractivity contribution in [2.45, 2.75) is 90.4 Å². The number of carbonyl (C=O) groups excluding carboxylic acids is 5. The van der Waals surface area contributed by atoms with E-state index in [1.165, 1.54) is 14.2 Å². The van der Waals surface area contributed by atoms with Crippen LogP contribution in [-0.4, -0.2) is 99.6 Å². The molecule has 0 spiro atoms. The van der Waals surface area contributed by atoms with E-state index in [0.29, 0.717) is 37.4 Å². The van der Waals surface area contributed by atoms with E-state index in [0.717, 1.165) is 46.3 Å². The van der Waals surface area contributed by atoms with Crippen LogP contribution in [0.1, 0.15) is 73.1 Å². The van der Waals surface area contributed by atoms with Crippen LogP contribution in [0.15, 0.2) is 54.7 Å². The molecule has 0 unspecified atom stereocenters. The van der Waals surface area contributed by atoms with Crippen molar-refractivity contribution in [3.8, 4) is 22.5 Å².